The van der Waals surface area contributed by atoms with Crippen molar-refractivity contribution in [3.63, 3.8) is 0 Å². The molecule has 0 bridgehead atoms. The van der Waals surface area contributed by atoms with Gasteiger partial charge in [-0.2, -0.15) is 15.0 Å². The molecule has 7 nitrogen and oxygen atoms in total. The van der Waals surface area contributed by atoms with Gasteiger partial charge >= 0.3 is 0 Å². The van der Waals surface area contributed by atoms with Crippen molar-refractivity contribution in [3.05, 3.63) is 71.0 Å². The Morgan fingerprint density at radius 2 is 1.87 bits per heavy atom. The predicted octanol–water partition coefficient (Wildman–Crippen LogP) is 3.84. The van der Waals surface area contributed by atoms with Gasteiger partial charge in [-0.25, -0.2) is 9.99 Å². The van der Waals surface area contributed by atoms with Crippen LogP contribution in [0.25, 0.3) is 15.9 Å². The molecule has 0 radical (unpaired) electrons. The molecule has 8 heteroatoms. The number of carbonyl (C=O) groups excluding carboxylic acids is 1. The second-order valence-electron chi connectivity index (χ2n) is 7.39. The Balaban J connectivity index is 1.43. The number of rotatable bonds is 4. The van der Waals surface area contributed by atoms with E-state index in [4.69, 9.17) is 0 Å². The van der Waals surface area contributed by atoms with Gasteiger partial charge in [0.2, 0.25) is 0 Å². The van der Waals surface area contributed by atoms with Crippen LogP contribution in [-0.2, 0) is 6.54 Å². The van der Waals surface area contributed by atoms with Crippen LogP contribution in [0.2, 0.25) is 0 Å². The Morgan fingerprint density at radius 1 is 1.07 bits per heavy atom. The summed E-state index contributed by atoms with van der Waals surface area (Å²) in [4.78, 5) is 19.6. The number of para-hydroxylation sites is 1. The average Bonchev–Trinajstić information content (AvgIpc) is 3.42. The highest BCUT2D eigenvalue weighted by Crippen LogP contribution is 2.25. The molecule has 1 saturated heterocycles. The van der Waals surface area contributed by atoms with Gasteiger partial charge in [0.25, 0.3) is 5.91 Å². The number of hydrazine groups is 1. The van der Waals surface area contributed by atoms with Gasteiger partial charge in [-0.15, -0.1) is 11.3 Å². The Hall–Kier alpha value is -3.10. The van der Waals surface area contributed by atoms with Gasteiger partial charge in [0, 0.05) is 19.6 Å². The molecule has 1 fully saturated rings. The molecular weight excluding hydrogens is 396 g/mol. The number of hydrogen-bond acceptors (Lipinski definition) is 6. The highest BCUT2D eigenvalue weighted by Gasteiger charge is 2.28. The summed E-state index contributed by atoms with van der Waals surface area (Å²) in [5.74, 6) is -0.0164. The largest absolute Gasteiger partial charge is 0.271 e. The normalized spacial score (nSPS) is 15.0. The number of aromatic nitrogens is 4. The zero-order valence-corrected chi connectivity index (χ0v) is 17.5. The van der Waals surface area contributed by atoms with Crippen molar-refractivity contribution in [2.45, 2.75) is 26.3 Å². The van der Waals surface area contributed by atoms with E-state index in [1.807, 2.05) is 36.2 Å². The Kier molecular flexibility index (Phi) is 5.02. The summed E-state index contributed by atoms with van der Waals surface area (Å²) < 4.78 is 1.19. The van der Waals surface area contributed by atoms with Gasteiger partial charge < -0.3 is 0 Å². The van der Waals surface area contributed by atoms with Gasteiger partial charge in [-0.1, -0.05) is 18.2 Å². The van der Waals surface area contributed by atoms with Crippen LogP contribution >= 0.6 is 11.3 Å². The highest BCUT2D eigenvalue weighted by molar-refractivity contribution is 7.18. The molecule has 1 aliphatic heterocycles. The molecule has 0 aliphatic carbocycles. The smallest absolute Gasteiger partial charge is 0.270 e. The number of nitrogens with zero attached hydrogens (tertiary/aromatic N) is 6. The molecule has 0 spiro atoms. The van der Waals surface area contributed by atoms with Crippen molar-refractivity contribution in [3.8, 4) is 5.69 Å². The molecule has 5 rings (SSSR count). The predicted molar refractivity (Wildman–Crippen MR) is 116 cm³/mol. The van der Waals surface area contributed by atoms with Crippen molar-refractivity contribution in [2.24, 2.45) is 0 Å². The average molecular weight is 419 g/mol. The number of hydrogen-bond donors (Lipinski definition) is 0. The third kappa shape index (κ3) is 3.59. The summed E-state index contributed by atoms with van der Waals surface area (Å²) in [7, 11) is 0. The summed E-state index contributed by atoms with van der Waals surface area (Å²) in [5.41, 5.74) is 3.52. The standard InChI is InChI=1S/C22H22N6OS/c1-16-25-19-9-8-17(14-21(19)30-16)15-26-12-4-5-13-27(26)22(29)18-6-2-3-7-20(18)28-23-10-11-24-28/h2-3,6-11,14H,4-5,12-13,15H2,1H3. The molecule has 2 aromatic heterocycles. The quantitative estimate of drug-likeness (QED) is 0.504. The first-order valence-corrected chi connectivity index (χ1v) is 10.9. The van der Waals surface area contributed by atoms with E-state index >= 15 is 0 Å². The first-order chi connectivity index (χ1) is 14.7. The lowest BCUT2D eigenvalue weighted by Gasteiger charge is -2.39. The lowest BCUT2D eigenvalue weighted by atomic mass is 10.1. The minimum Gasteiger partial charge on any atom is -0.271 e. The first-order valence-electron chi connectivity index (χ1n) is 10.1. The highest BCUT2D eigenvalue weighted by atomic mass is 32.1. The zero-order valence-electron chi connectivity index (χ0n) is 16.7. The lowest BCUT2D eigenvalue weighted by molar-refractivity contribution is -0.0350. The van der Waals surface area contributed by atoms with E-state index < -0.39 is 0 Å². The van der Waals surface area contributed by atoms with E-state index in [9.17, 15) is 4.79 Å². The van der Waals surface area contributed by atoms with Crippen LogP contribution in [0.4, 0.5) is 0 Å². The van der Waals surface area contributed by atoms with Crippen LogP contribution in [0.3, 0.4) is 0 Å². The molecule has 2 aromatic carbocycles. The Morgan fingerprint density at radius 3 is 2.73 bits per heavy atom. The second-order valence-corrected chi connectivity index (χ2v) is 8.63. The van der Waals surface area contributed by atoms with E-state index in [1.165, 1.54) is 15.1 Å². The van der Waals surface area contributed by atoms with E-state index in [0.29, 0.717) is 24.3 Å². The monoisotopic (exact) mass is 418 g/mol. The molecule has 4 aromatic rings. The van der Waals surface area contributed by atoms with Crippen LogP contribution in [-0.4, -0.2) is 49.0 Å². The first kappa shape index (κ1) is 18.9. The van der Waals surface area contributed by atoms with Crippen molar-refractivity contribution in [2.75, 3.05) is 13.1 Å². The zero-order chi connectivity index (χ0) is 20.5. The number of benzene rings is 2. The third-order valence-electron chi connectivity index (χ3n) is 5.31. The van der Waals surface area contributed by atoms with Crippen molar-refractivity contribution >= 4 is 27.5 Å². The SMILES string of the molecule is Cc1nc2ccc(CN3CCCCN3C(=O)c3ccccc3-n3nccn3)cc2s1. The fraction of sp³-hybridized carbons (Fsp3) is 0.273. The summed E-state index contributed by atoms with van der Waals surface area (Å²) in [6, 6.07) is 13.9. The number of aryl methyl sites for hydroxylation is 1. The lowest BCUT2D eigenvalue weighted by Crippen LogP contribution is -2.50. The number of amides is 1. The fourth-order valence-electron chi connectivity index (χ4n) is 3.91. The van der Waals surface area contributed by atoms with Crippen LogP contribution < -0.4 is 0 Å². The van der Waals surface area contributed by atoms with Crippen molar-refractivity contribution in [1.29, 1.82) is 0 Å². The van der Waals surface area contributed by atoms with Crippen LogP contribution in [0, 0.1) is 6.92 Å². The van der Waals surface area contributed by atoms with Crippen LogP contribution in [0.5, 0.6) is 0 Å². The van der Waals surface area contributed by atoms with E-state index in [0.717, 1.165) is 29.9 Å². The minimum atomic E-state index is -0.0164. The summed E-state index contributed by atoms with van der Waals surface area (Å²) in [6.07, 6.45) is 5.31. The molecule has 0 atom stereocenters. The van der Waals surface area contributed by atoms with Crippen LogP contribution in [0.15, 0.2) is 54.9 Å². The van der Waals surface area contributed by atoms with E-state index in [1.54, 1.807) is 23.7 Å². The molecule has 0 saturated carbocycles. The van der Waals surface area contributed by atoms with Gasteiger partial charge in [0.15, 0.2) is 0 Å². The Bertz CT molecular complexity index is 1190. The minimum absolute atomic E-state index is 0.0164. The topological polar surface area (TPSA) is 67.2 Å². The molecular formula is C22H22N6OS. The second kappa shape index (κ2) is 7.97. The molecule has 30 heavy (non-hydrogen) atoms. The van der Waals surface area contributed by atoms with Gasteiger partial charge in [0.05, 0.1) is 38.9 Å². The van der Waals surface area contributed by atoms with E-state index in [2.05, 4.69) is 38.4 Å². The maximum absolute atomic E-state index is 13.5. The molecule has 0 unspecified atom stereocenters. The summed E-state index contributed by atoms with van der Waals surface area (Å²) in [6.45, 7) is 4.29. The third-order valence-corrected chi connectivity index (χ3v) is 6.24. The Labute approximate surface area is 178 Å². The number of fused-ring (bicyclic) bond motifs is 1. The summed E-state index contributed by atoms with van der Waals surface area (Å²) in [5, 5.41) is 13.5. The number of carbonyl (C=O) groups is 1. The van der Waals surface area contributed by atoms with Crippen LogP contribution in [0.1, 0.15) is 33.8 Å². The van der Waals surface area contributed by atoms with E-state index in [-0.39, 0.29) is 5.91 Å². The fourth-order valence-corrected chi connectivity index (χ4v) is 4.80. The molecule has 3 heterocycles. The van der Waals surface area contributed by atoms with Crippen molar-refractivity contribution in [1.82, 2.24) is 30.0 Å². The van der Waals surface area contributed by atoms with Gasteiger partial charge in [-0.3, -0.25) is 9.80 Å². The molecule has 1 amide bonds. The van der Waals surface area contributed by atoms with Crippen molar-refractivity contribution < 1.29 is 4.79 Å². The maximum atomic E-state index is 13.5. The molecule has 0 N–H and O–H groups in total. The summed E-state index contributed by atoms with van der Waals surface area (Å²) >= 11 is 1.71. The number of thiazole rings is 1. The molecule has 152 valence electrons. The maximum Gasteiger partial charge on any atom is 0.270 e. The molecule has 1 aliphatic rings. The van der Waals surface area contributed by atoms with Gasteiger partial charge in [0.1, 0.15) is 0 Å². The van der Waals surface area contributed by atoms with Gasteiger partial charge in [-0.05, 0) is 49.6 Å².